The molecule has 2 aliphatic heterocycles. The summed E-state index contributed by atoms with van der Waals surface area (Å²) >= 11 is 0. The number of anilines is 2. The second kappa shape index (κ2) is 9.24. The lowest BCUT2D eigenvalue weighted by Gasteiger charge is -2.36. The van der Waals surface area contributed by atoms with Crippen molar-refractivity contribution in [3.05, 3.63) is 58.1 Å². The highest BCUT2D eigenvalue weighted by molar-refractivity contribution is 5.96. The van der Waals surface area contributed by atoms with Crippen LogP contribution in [0.3, 0.4) is 0 Å². The molecule has 1 amide bonds. The molecule has 0 aliphatic carbocycles. The van der Waals surface area contributed by atoms with Gasteiger partial charge >= 0.3 is 0 Å². The fraction of sp³-hybridized carbons (Fsp3) is 0.435. The molecule has 2 saturated heterocycles. The summed E-state index contributed by atoms with van der Waals surface area (Å²) in [5, 5.41) is 11.7. The average Bonchev–Trinajstić information content (AvgIpc) is 2.84. The van der Waals surface area contributed by atoms with Crippen molar-refractivity contribution in [2.75, 3.05) is 56.2 Å². The first kappa shape index (κ1) is 21.0. The Balaban J connectivity index is 1.46. The van der Waals surface area contributed by atoms with E-state index in [4.69, 9.17) is 4.74 Å². The third-order valence-electron chi connectivity index (χ3n) is 6.10. The second-order valence-corrected chi connectivity index (χ2v) is 7.99. The molecule has 31 heavy (non-hydrogen) atoms. The average molecular weight is 425 g/mol. The Labute approximate surface area is 182 Å². The fourth-order valence-electron chi connectivity index (χ4n) is 4.36. The molecule has 0 aromatic heterocycles. The summed E-state index contributed by atoms with van der Waals surface area (Å²) in [6.45, 7) is 4.18. The summed E-state index contributed by atoms with van der Waals surface area (Å²) in [6, 6.07) is 12.8. The molecule has 8 heteroatoms. The molecular weight excluding hydrogens is 396 g/mol. The Kier molecular flexibility index (Phi) is 6.25. The van der Waals surface area contributed by atoms with Crippen LogP contribution in [0.5, 0.6) is 5.75 Å². The van der Waals surface area contributed by atoms with E-state index in [1.54, 1.807) is 24.1 Å². The smallest absolute Gasteiger partial charge is 0.293 e. The van der Waals surface area contributed by atoms with Crippen LogP contribution in [0.2, 0.25) is 0 Å². The lowest BCUT2D eigenvalue weighted by Crippen LogP contribution is -2.48. The zero-order valence-corrected chi connectivity index (χ0v) is 17.8. The summed E-state index contributed by atoms with van der Waals surface area (Å²) in [5.41, 5.74) is 2.07. The Morgan fingerprint density at radius 3 is 2.35 bits per heavy atom. The van der Waals surface area contributed by atoms with Gasteiger partial charge in [0, 0.05) is 62.7 Å². The molecule has 0 bridgehead atoms. The summed E-state index contributed by atoms with van der Waals surface area (Å²) in [7, 11) is 1.64. The van der Waals surface area contributed by atoms with Gasteiger partial charge < -0.3 is 19.4 Å². The van der Waals surface area contributed by atoms with E-state index in [2.05, 4.69) is 9.80 Å². The van der Waals surface area contributed by atoms with E-state index in [0.717, 1.165) is 43.8 Å². The van der Waals surface area contributed by atoms with Crippen molar-refractivity contribution in [2.24, 2.45) is 0 Å². The van der Waals surface area contributed by atoms with Gasteiger partial charge in [-0.25, -0.2) is 0 Å². The first-order valence-electron chi connectivity index (χ1n) is 10.8. The Bertz CT molecular complexity index is 950. The van der Waals surface area contributed by atoms with Crippen LogP contribution >= 0.6 is 0 Å². The quantitative estimate of drug-likeness (QED) is 0.539. The molecule has 0 unspecified atom stereocenters. The Morgan fingerprint density at radius 2 is 1.68 bits per heavy atom. The van der Waals surface area contributed by atoms with Gasteiger partial charge in [0.1, 0.15) is 11.4 Å². The first-order valence-corrected chi connectivity index (χ1v) is 10.8. The van der Waals surface area contributed by atoms with Crippen LogP contribution in [0.1, 0.15) is 29.6 Å². The highest BCUT2D eigenvalue weighted by atomic mass is 16.6. The third-order valence-corrected chi connectivity index (χ3v) is 6.10. The minimum absolute atomic E-state index is 0.0165. The Morgan fingerprint density at radius 1 is 0.935 bits per heavy atom. The number of hydrogen-bond acceptors (Lipinski definition) is 6. The van der Waals surface area contributed by atoms with Crippen molar-refractivity contribution in [1.82, 2.24) is 4.90 Å². The number of nitrogens with zero attached hydrogens (tertiary/aromatic N) is 4. The number of methoxy groups -OCH3 is 1. The predicted molar refractivity (Wildman–Crippen MR) is 120 cm³/mol. The minimum atomic E-state index is -0.374. The Hall–Kier alpha value is -3.29. The number of rotatable bonds is 5. The second-order valence-electron chi connectivity index (χ2n) is 7.99. The van der Waals surface area contributed by atoms with Gasteiger partial charge in [-0.3, -0.25) is 14.9 Å². The summed E-state index contributed by atoms with van der Waals surface area (Å²) < 4.78 is 5.30. The third kappa shape index (κ3) is 4.57. The highest BCUT2D eigenvalue weighted by Gasteiger charge is 2.27. The molecule has 0 radical (unpaired) electrons. The molecule has 2 aromatic carbocycles. The number of amides is 1. The van der Waals surface area contributed by atoms with E-state index in [-0.39, 0.29) is 16.5 Å². The van der Waals surface area contributed by atoms with Crippen LogP contribution < -0.4 is 14.5 Å². The maximum atomic E-state index is 13.1. The van der Waals surface area contributed by atoms with Gasteiger partial charge in [0.2, 0.25) is 0 Å². The first-order chi connectivity index (χ1) is 15.1. The molecule has 8 nitrogen and oxygen atoms in total. The van der Waals surface area contributed by atoms with Gasteiger partial charge in [0.05, 0.1) is 12.0 Å². The van der Waals surface area contributed by atoms with E-state index in [1.165, 1.54) is 6.07 Å². The molecule has 164 valence electrons. The molecule has 2 heterocycles. The van der Waals surface area contributed by atoms with Crippen LogP contribution in [0.25, 0.3) is 0 Å². The number of piperazine rings is 1. The standard InChI is InChI=1S/C23H28N4O4/c1-31-20-7-5-6-19(17-20)24-12-14-26(15-13-24)23(28)18-8-9-21(22(16-18)27(29)30)25-10-3-2-4-11-25/h5-9,16-17H,2-4,10-15H2,1H3. The van der Waals surface area contributed by atoms with Crippen LogP contribution in [-0.4, -0.2) is 62.1 Å². The maximum Gasteiger partial charge on any atom is 0.293 e. The van der Waals surface area contributed by atoms with E-state index < -0.39 is 0 Å². The number of nitro benzene ring substituents is 1. The van der Waals surface area contributed by atoms with Crippen LogP contribution in [0.15, 0.2) is 42.5 Å². The van der Waals surface area contributed by atoms with E-state index in [9.17, 15) is 14.9 Å². The van der Waals surface area contributed by atoms with E-state index in [1.807, 2.05) is 24.3 Å². The van der Waals surface area contributed by atoms with Crippen molar-refractivity contribution in [2.45, 2.75) is 19.3 Å². The zero-order valence-electron chi connectivity index (χ0n) is 17.8. The molecule has 0 saturated carbocycles. The van der Waals surface area contributed by atoms with Gasteiger partial charge in [-0.2, -0.15) is 0 Å². The van der Waals surface area contributed by atoms with E-state index >= 15 is 0 Å². The monoisotopic (exact) mass is 424 g/mol. The molecule has 0 N–H and O–H groups in total. The molecule has 2 aliphatic rings. The number of hydrogen-bond donors (Lipinski definition) is 0. The molecule has 0 atom stereocenters. The van der Waals surface area contributed by atoms with Crippen molar-refractivity contribution in [1.29, 1.82) is 0 Å². The van der Waals surface area contributed by atoms with E-state index in [0.29, 0.717) is 37.4 Å². The number of nitro groups is 1. The van der Waals surface area contributed by atoms with Crippen molar-refractivity contribution in [3.63, 3.8) is 0 Å². The largest absolute Gasteiger partial charge is 0.497 e. The van der Waals surface area contributed by atoms with Gasteiger partial charge in [0.15, 0.2) is 0 Å². The minimum Gasteiger partial charge on any atom is -0.497 e. The van der Waals surface area contributed by atoms with Crippen molar-refractivity contribution in [3.8, 4) is 5.75 Å². The summed E-state index contributed by atoms with van der Waals surface area (Å²) in [5.74, 6) is 0.649. The van der Waals surface area contributed by atoms with Crippen LogP contribution in [0, 0.1) is 10.1 Å². The van der Waals surface area contributed by atoms with Crippen LogP contribution in [-0.2, 0) is 0 Å². The molecule has 2 aromatic rings. The summed E-state index contributed by atoms with van der Waals surface area (Å²) in [4.78, 5) is 30.4. The van der Waals surface area contributed by atoms with Gasteiger partial charge in [0.25, 0.3) is 11.6 Å². The molecule has 2 fully saturated rings. The van der Waals surface area contributed by atoms with Gasteiger partial charge in [-0.05, 0) is 43.5 Å². The SMILES string of the molecule is COc1cccc(N2CCN(C(=O)c3ccc(N4CCCCC4)c([N+](=O)[O-])c3)CC2)c1. The lowest BCUT2D eigenvalue weighted by atomic mass is 10.1. The fourth-order valence-corrected chi connectivity index (χ4v) is 4.36. The van der Waals surface area contributed by atoms with Gasteiger partial charge in [-0.1, -0.05) is 6.07 Å². The molecule has 0 spiro atoms. The number of carbonyl (C=O) groups excluding carboxylic acids is 1. The van der Waals surface area contributed by atoms with Crippen molar-refractivity contribution >= 4 is 23.0 Å². The normalized spacial score (nSPS) is 16.9. The maximum absolute atomic E-state index is 13.1. The predicted octanol–water partition coefficient (Wildman–Crippen LogP) is 3.56. The summed E-state index contributed by atoms with van der Waals surface area (Å²) in [6.07, 6.45) is 3.23. The number of carbonyl (C=O) groups is 1. The van der Waals surface area contributed by atoms with Crippen LogP contribution in [0.4, 0.5) is 17.1 Å². The van der Waals surface area contributed by atoms with Crippen molar-refractivity contribution < 1.29 is 14.5 Å². The lowest BCUT2D eigenvalue weighted by molar-refractivity contribution is -0.384. The topological polar surface area (TPSA) is 79.2 Å². The number of benzene rings is 2. The van der Waals surface area contributed by atoms with Gasteiger partial charge in [-0.15, -0.1) is 0 Å². The number of ether oxygens (including phenoxy) is 1. The highest BCUT2D eigenvalue weighted by Crippen LogP contribution is 2.32. The number of piperidine rings is 1. The molecule has 4 rings (SSSR count). The molecular formula is C23H28N4O4. The zero-order chi connectivity index (χ0) is 21.8.